The van der Waals surface area contributed by atoms with Crippen molar-refractivity contribution < 1.29 is 9.53 Å². The van der Waals surface area contributed by atoms with Crippen LogP contribution in [0.4, 0.5) is 5.69 Å². The van der Waals surface area contributed by atoms with Gasteiger partial charge < -0.3 is 10.1 Å². The van der Waals surface area contributed by atoms with E-state index in [1.807, 2.05) is 33.2 Å². The number of benzene rings is 1. The lowest BCUT2D eigenvalue weighted by molar-refractivity contribution is 0.102. The van der Waals surface area contributed by atoms with Gasteiger partial charge in [0.15, 0.2) is 5.65 Å². The van der Waals surface area contributed by atoms with Crippen LogP contribution in [-0.2, 0) is 7.05 Å². The summed E-state index contributed by atoms with van der Waals surface area (Å²) in [6.07, 6.45) is 6.73. The quantitative estimate of drug-likeness (QED) is 0.613. The number of ether oxygens (including phenoxy) is 1. The minimum atomic E-state index is -0.301. The maximum absolute atomic E-state index is 12.6. The Morgan fingerprint density at radius 3 is 2.85 bits per heavy atom. The molecular formula is C18H20N6O2. The molecule has 4 rings (SSSR count). The number of fused-ring (bicyclic) bond motifs is 2. The second-order valence-corrected chi connectivity index (χ2v) is 5.31. The average molecular weight is 352 g/mol. The van der Waals surface area contributed by atoms with Crippen molar-refractivity contribution >= 4 is 28.1 Å². The van der Waals surface area contributed by atoms with Crippen LogP contribution in [0.1, 0.15) is 24.2 Å². The minimum absolute atomic E-state index is 0.301. The van der Waals surface area contributed by atoms with Gasteiger partial charge in [0.1, 0.15) is 11.3 Å². The first-order valence-corrected chi connectivity index (χ1v) is 8.27. The molecule has 0 saturated heterocycles. The molecule has 0 aliphatic carbocycles. The van der Waals surface area contributed by atoms with Crippen molar-refractivity contribution in [1.29, 1.82) is 0 Å². The zero-order chi connectivity index (χ0) is 18.7. The first kappa shape index (κ1) is 17.4. The monoisotopic (exact) mass is 352 g/mol. The van der Waals surface area contributed by atoms with E-state index < -0.39 is 0 Å². The lowest BCUT2D eigenvalue weighted by Gasteiger charge is -2.09. The summed E-state index contributed by atoms with van der Waals surface area (Å²) >= 11 is 0. The third-order valence-electron chi connectivity index (χ3n) is 3.71. The maximum Gasteiger partial charge on any atom is 0.261 e. The second kappa shape index (κ2) is 7.22. The third kappa shape index (κ3) is 3.08. The lowest BCUT2D eigenvalue weighted by atomic mass is 10.2. The summed E-state index contributed by atoms with van der Waals surface area (Å²) in [5.41, 5.74) is 2.25. The smallest absolute Gasteiger partial charge is 0.261 e. The topological polar surface area (TPSA) is 86.3 Å². The van der Waals surface area contributed by atoms with Crippen molar-refractivity contribution in [3.8, 4) is 5.75 Å². The number of carbonyl (C=O) groups excluding carboxylic acids is 1. The van der Waals surface area contributed by atoms with E-state index in [9.17, 15) is 4.79 Å². The maximum atomic E-state index is 12.6. The molecule has 3 aromatic heterocycles. The number of methoxy groups -OCH3 is 1. The van der Waals surface area contributed by atoms with E-state index >= 15 is 0 Å². The fraction of sp³-hybridized carbons (Fsp3) is 0.222. The zero-order valence-electron chi connectivity index (χ0n) is 15.1. The Morgan fingerprint density at radius 2 is 2.08 bits per heavy atom. The fourth-order valence-corrected chi connectivity index (χ4v) is 2.62. The summed E-state index contributed by atoms with van der Waals surface area (Å²) < 4.78 is 8.63. The molecule has 0 radical (unpaired) electrons. The van der Waals surface area contributed by atoms with Crippen molar-refractivity contribution in [3.63, 3.8) is 0 Å². The van der Waals surface area contributed by atoms with Crippen molar-refractivity contribution in [2.24, 2.45) is 7.05 Å². The van der Waals surface area contributed by atoms with Crippen LogP contribution in [0.5, 0.6) is 5.75 Å². The Labute approximate surface area is 150 Å². The van der Waals surface area contributed by atoms with Gasteiger partial charge >= 0.3 is 0 Å². The van der Waals surface area contributed by atoms with Gasteiger partial charge in [-0.1, -0.05) is 13.8 Å². The Balaban J connectivity index is 0.000000948. The molecule has 4 aromatic rings. The summed E-state index contributed by atoms with van der Waals surface area (Å²) in [5.74, 6) is 0.240. The van der Waals surface area contributed by atoms with Crippen LogP contribution < -0.4 is 10.1 Å². The number of hydrogen-bond donors (Lipinski definition) is 1. The van der Waals surface area contributed by atoms with Gasteiger partial charge in [-0.2, -0.15) is 10.2 Å². The standard InChI is InChI=1S/C16H14N6O2.C2H6/c1-21-9-10-6-13(14(24-2)7-12(10)20-21)19-16(23)11-8-18-22-5-3-4-17-15(11)22;1-2/h3-9H,1-2H3,(H,19,23);1-2H3. The molecular weight excluding hydrogens is 332 g/mol. The van der Waals surface area contributed by atoms with E-state index in [2.05, 4.69) is 20.5 Å². The molecule has 0 saturated carbocycles. The second-order valence-electron chi connectivity index (χ2n) is 5.31. The van der Waals surface area contributed by atoms with Crippen molar-refractivity contribution in [3.05, 3.63) is 48.5 Å². The molecule has 0 bridgehead atoms. The lowest BCUT2D eigenvalue weighted by Crippen LogP contribution is -2.12. The predicted octanol–water partition coefficient (Wildman–Crippen LogP) is 2.90. The third-order valence-corrected chi connectivity index (χ3v) is 3.71. The molecule has 0 fully saturated rings. The van der Waals surface area contributed by atoms with E-state index in [-0.39, 0.29) is 5.91 Å². The largest absolute Gasteiger partial charge is 0.494 e. The summed E-state index contributed by atoms with van der Waals surface area (Å²) in [5, 5.41) is 12.2. The van der Waals surface area contributed by atoms with Gasteiger partial charge in [-0.25, -0.2) is 9.50 Å². The molecule has 0 aliphatic heterocycles. The van der Waals surface area contributed by atoms with Gasteiger partial charge in [0.05, 0.1) is 24.5 Å². The minimum Gasteiger partial charge on any atom is -0.494 e. The molecule has 0 unspecified atom stereocenters. The summed E-state index contributed by atoms with van der Waals surface area (Å²) in [4.78, 5) is 16.8. The highest BCUT2D eigenvalue weighted by Crippen LogP contribution is 2.30. The highest BCUT2D eigenvalue weighted by atomic mass is 16.5. The molecule has 3 heterocycles. The number of carbonyl (C=O) groups is 1. The summed E-state index contributed by atoms with van der Waals surface area (Å²) in [6, 6.07) is 5.37. The van der Waals surface area contributed by atoms with Gasteiger partial charge in [-0.15, -0.1) is 0 Å². The van der Waals surface area contributed by atoms with Gasteiger partial charge in [0.25, 0.3) is 5.91 Å². The van der Waals surface area contributed by atoms with Gasteiger partial charge in [-0.05, 0) is 12.1 Å². The molecule has 1 amide bonds. The van der Waals surface area contributed by atoms with E-state index in [0.717, 1.165) is 10.9 Å². The SMILES string of the molecule is CC.COc1cc2nn(C)cc2cc1NC(=O)c1cnn2cccnc12. The number of nitrogens with zero attached hydrogens (tertiary/aromatic N) is 5. The van der Waals surface area contributed by atoms with Crippen LogP contribution >= 0.6 is 0 Å². The number of rotatable bonds is 3. The molecule has 8 nitrogen and oxygen atoms in total. The number of aryl methyl sites for hydroxylation is 1. The molecule has 8 heteroatoms. The highest BCUT2D eigenvalue weighted by molar-refractivity contribution is 6.09. The normalized spacial score (nSPS) is 10.5. The van der Waals surface area contributed by atoms with Crippen LogP contribution in [0.25, 0.3) is 16.6 Å². The zero-order valence-corrected chi connectivity index (χ0v) is 15.1. The molecule has 1 N–H and O–H groups in total. The number of anilines is 1. The van der Waals surface area contributed by atoms with Crippen molar-refractivity contribution in [2.75, 3.05) is 12.4 Å². The Bertz CT molecular complexity index is 1070. The number of nitrogens with one attached hydrogen (secondary N) is 1. The average Bonchev–Trinajstić information content (AvgIpc) is 3.24. The fourth-order valence-electron chi connectivity index (χ4n) is 2.62. The Hall–Kier alpha value is -3.42. The van der Waals surface area contributed by atoms with Crippen LogP contribution in [-0.4, -0.2) is 37.4 Å². The van der Waals surface area contributed by atoms with Crippen LogP contribution in [0.2, 0.25) is 0 Å². The first-order chi connectivity index (χ1) is 12.7. The van der Waals surface area contributed by atoms with Crippen molar-refractivity contribution in [1.82, 2.24) is 24.4 Å². The Kier molecular flexibility index (Phi) is 4.83. The van der Waals surface area contributed by atoms with Crippen molar-refractivity contribution in [2.45, 2.75) is 13.8 Å². The Morgan fingerprint density at radius 1 is 1.27 bits per heavy atom. The summed E-state index contributed by atoms with van der Waals surface area (Å²) in [6.45, 7) is 4.00. The summed E-state index contributed by atoms with van der Waals surface area (Å²) in [7, 11) is 3.39. The molecule has 26 heavy (non-hydrogen) atoms. The van der Waals surface area contributed by atoms with Crippen LogP contribution in [0.15, 0.2) is 43.0 Å². The molecule has 1 aromatic carbocycles. The van der Waals surface area contributed by atoms with Gasteiger partial charge in [0, 0.05) is 37.1 Å². The van der Waals surface area contributed by atoms with E-state index in [1.54, 1.807) is 40.8 Å². The molecule has 0 atom stereocenters. The first-order valence-electron chi connectivity index (χ1n) is 8.27. The molecule has 0 spiro atoms. The van der Waals surface area contributed by atoms with E-state index in [0.29, 0.717) is 22.6 Å². The van der Waals surface area contributed by atoms with E-state index in [1.165, 1.54) is 6.20 Å². The molecule has 134 valence electrons. The van der Waals surface area contributed by atoms with Crippen LogP contribution in [0.3, 0.4) is 0 Å². The van der Waals surface area contributed by atoms with Gasteiger partial charge in [-0.3, -0.25) is 9.48 Å². The molecule has 0 aliphatic rings. The van der Waals surface area contributed by atoms with E-state index in [4.69, 9.17) is 4.74 Å². The van der Waals surface area contributed by atoms with Gasteiger partial charge in [0.2, 0.25) is 0 Å². The number of amides is 1. The van der Waals surface area contributed by atoms with Crippen LogP contribution in [0, 0.1) is 0 Å². The predicted molar refractivity (Wildman–Crippen MR) is 99.6 cm³/mol. The number of hydrogen-bond acceptors (Lipinski definition) is 5. The highest BCUT2D eigenvalue weighted by Gasteiger charge is 2.16. The number of aromatic nitrogens is 5.